The molecule has 1 aromatic heterocycles. The molecule has 3 aromatic carbocycles. The molecule has 0 saturated heterocycles. The molecule has 2 heterocycles. The van der Waals surface area contributed by atoms with E-state index in [2.05, 4.69) is 15.6 Å². The van der Waals surface area contributed by atoms with Crippen LogP contribution in [-0.4, -0.2) is 32.7 Å². The van der Waals surface area contributed by atoms with E-state index in [0.717, 1.165) is 16.2 Å². The Morgan fingerprint density at radius 2 is 1.48 bits per heavy atom. The van der Waals surface area contributed by atoms with Gasteiger partial charge in [-0.15, -0.1) is 5.10 Å². The Hall–Kier alpha value is -4.59. The number of hydrogen-bond donors (Lipinski definition) is 1. The van der Waals surface area contributed by atoms with Gasteiger partial charge in [-0.25, -0.2) is 9.58 Å². The number of nitrogens with zero attached hydrogens (tertiary/aromatic N) is 4. The number of rotatable bonds is 4. The quantitative estimate of drug-likeness (QED) is 0.488. The topological polar surface area (TPSA) is 97.2 Å². The molecule has 1 N–H and O–H groups in total. The molecule has 0 aliphatic carbocycles. The number of aryl methyl sites for hydroxylation is 1. The van der Waals surface area contributed by atoms with Crippen molar-refractivity contribution in [2.75, 3.05) is 10.2 Å². The van der Waals surface area contributed by atoms with Gasteiger partial charge in [0.1, 0.15) is 0 Å². The van der Waals surface area contributed by atoms with Gasteiger partial charge in [0.05, 0.1) is 28.2 Å². The maximum absolute atomic E-state index is 12.9. The molecule has 0 spiro atoms. The van der Waals surface area contributed by atoms with Crippen molar-refractivity contribution in [3.8, 4) is 5.69 Å². The van der Waals surface area contributed by atoms with E-state index in [4.69, 9.17) is 0 Å². The molecule has 8 heteroatoms. The third kappa shape index (κ3) is 3.47. The minimum atomic E-state index is -0.439. The fraction of sp³-hybridized carbons (Fsp3) is 0.0800. The van der Waals surface area contributed by atoms with E-state index < -0.39 is 17.7 Å². The number of hydrogen-bond acceptors (Lipinski definition) is 5. The number of fused-ring (bicyclic) bond motifs is 1. The normalized spacial score (nSPS) is 12.7. The molecule has 0 bridgehead atoms. The van der Waals surface area contributed by atoms with Gasteiger partial charge in [-0.2, -0.15) is 0 Å². The minimum Gasteiger partial charge on any atom is -0.320 e. The highest BCUT2D eigenvalue weighted by molar-refractivity contribution is 6.34. The molecule has 0 fully saturated rings. The van der Waals surface area contributed by atoms with Crippen LogP contribution in [0, 0.1) is 13.8 Å². The summed E-state index contributed by atoms with van der Waals surface area (Å²) in [5, 5.41) is 11.0. The molecular weight excluding hydrogens is 418 g/mol. The molecule has 0 saturated carbocycles. The number of carbonyl (C=O) groups excluding carboxylic acids is 3. The first-order valence-electron chi connectivity index (χ1n) is 10.3. The zero-order valence-corrected chi connectivity index (χ0v) is 17.9. The monoisotopic (exact) mass is 437 g/mol. The third-order valence-electron chi connectivity index (χ3n) is 5.51. The molecule has 3 amide bonds. The average molecular weight is 437 g/mol. The van der Waals surface area contributed by atoms with Crippen molar-refractivity contribution >= 4 is 29.1 Å². The van der Waals surface area contributed by atoms with Crippen molar-refractivity contribution in [1.29, 1.82) is 0 Å². The maximum Gasteiger partial charge on any atom is 0.278 e. The number of amides is 3. The van der Waals surface area contributed by atoms with Gasteiger partial charge < -0.3 is 5.32 Å². The first kappa shape index (κ1) is 20.3. The van der Waals surface area contributed by atoms with E-state index in [1.54, 1.807) is 60.1 Å². The predicted octanol–water partition coefficient (Wildman–Crippen LogP) is 3.94. The minimum absolute atomic E-state index is 0.183. The second-order valence-corrected chi connectivity index (χ2v) is 7.77. The van der Waals surface area contributed by atoms with E-state index in [1.807, 2.05) is 31.2 Å². The summed E-state index contributed by atoms with van der Waals surface area (Å²) in [5.41, 5.74) is 4.18. The lowest BCUT2D eigenvalue weighted by Crippen LogP contribution is -2.29. The number of imide groups is 1. The average Bonchev–Trinajstić information content (AvgIpc) is 3.31. The van der Waals surface area contributed by atoms with Gasteiger partial charge in [-0.3, -0.25) is 14.4 Å². The Morgan fingerprint density at radius 1 is 0.818 bits per heavy atom. The molecule has 0 atom stereocenters. The summed E-state index contributed by atoms with van der Waals surface area (Å²) in [5.74, 6) is -1.22. The van der Waals surface area contributed by atoms with Crippen LogP contribution in [0.25, 0.3) is 5.69 Å². The second-order valence-electron chi connectivity index (χ2n) is 7.77. The highest BCUT2D eigenvalue weighted by Crippen LogP contribution is 2.30. The lowest BCUT2D eigenvalue weighted by atomic mass is 10.1. The van der Waals surface area contributed by atoms with Crippen LogP contribution in [0.4, 0.5) is 11.4 Å². The molecule has 0 radical (unpaired) electrons. The van der Waals surface area contributed by atoms with Gasteiger partial charge in [0.25, 0.3) is 17.7 Å². The fourth-order valence-electron chi connectivity index (χ4n) is 3.88. The van der Waals surface area contributed by atoms with Crippen molar-refractivity contribution in [2.24, 2.45) is 0 Å². The number of carbonyl (C=O) groups is 3. The Bertz CT molecular complexity index is 1400. The molecule has 8 nitrogen and oxygen atoms in total. The molecule has 0 unspecified atom stereocenters. The molecular formula is C25H19N5O3. The number of benzene rings is 3. The van der Waals surface area contributed by atoms with Crippen LogP contribution >= 0.6 is 0 Å². The van der Waals surface area contributed by atoms with Crippen molar-refractivity contribution < 1.29 is 14.4 Å². The largest absolute Gasteiger partial charge is 0.320 e. The summed E-state index contributed by atoms with van der Waals surface area (Å²) in [7, 11) is 0. The maximum atomic E-state index is 12.9. The van der Waals surface area contributed by atoms with Crippen LogP contribution < -0.4 is 10.2 Å². The number of aromatic nitrogens is 3. The SMILES string of the molecule is Cc1cccc(-n2nnc(C(=O)Nc3cccc(N4C(=O)c5ccccc5C4=O)c3)c2C)c1. The lowest BCUT2D eigenvalue weighted by Gasteiger charge is -2.15. The van der Waals surface area contributed by atoms with Gasteiger partial charge in [-0.1, -0.05) is 35.5 Å². The molecule has 5 rings (SSSR count). The Morgan fingerprint density at radius 3 is 2.18 bits per heavy atom. The van der Waals surface area contributed by atoms with Crippen LogP contribution in [0.5, 0.6) is 0 Å². The summed E-state index contributed by atoms with van der Waals surface area (Å²) >= 11 is 0. The first-order valence-corrected chi connectivity index (χ1v) is 10.3. The summed E-state index contributed by atoms with van der Waals surface area (Å²) in [6, 6.07) is 21.0. The number of anilines is 2. The molecule has 33 heavy (non-hydrogen) atoms. The smallest absolute Gasteiger partial charge is 0.278 e. The highest BCUT2D eigenvalue weighted by Gasteiger charge is 2.36. The Kier molecular flexibility index (Phi) is 4.82. The van der Waals surface area contributed by atoms with Gasteiger partial charge in [0.2, 0.25) is 0 Å². The Balaban J connectivity index is 1.40. The predicted molar refractivity (Wildman–Crippen MR) is 123 cm³/mol. The van der Waals surface area contributed by atoms with Crippen molar-refractivity contribution in [3.63, 3.8) is 0 Å². The summed E-state index contributed by atoms with van der Waals surface area (Å²) < 4.78 is 1.61. The summed E-state index contributed by atoms with van der Waals surface area (Å²) in [6.07, 6.45) is 0. The van der Waals surface area contributed by atoms with Crippen LogP contribution in [0.1, 0.15) is 42.5 Å². The Labute approximate surface area is 189 Å². The van der Waals surface area contributed by atoms with E-state index in [-0.39, 0.29) is 5.69 Å². The second kappa shape index (κ2) is 7.83. The van der Waals surface area contributed by atoms with Crippen molar-refractivity contribution in [3.05, 3.63) is 101 Å². The zero-order chi connectivity index (χ0) is 23.1. The zero-order valence-electron chi connectivity index (χ0n) is 17.9. The van der Waals surface area contributed by atoms with Gasteiger partial charge >= 0.3 is 0 Å². The van der Waals surface area contributed by atoms with Crippen LogP contribution in [0.3, 0.4) is 0 Å². The number of nitrogens with one attached hydrogen (secondary N) is 1. The van der Waals surface area contributed by atoms with Crippen LogP contribution in [-0.2, 0) is 0 Å². The fourth-order valence-corrected chi connectivity index (χ4v) is 3.88. The van der Waals surface area contributed by atoms with Crippen molar-refractivity contribution in [2.45, 2.75) is 13.8 Å². The highest BCUT2D eigenvalue weighted by atomic mass is 16.2. The van der Waals surface area contributed by atoms with Crippen LogP contribution in [0.15, 0.2) is 72.8 Å². The van der Waals surface area contributed by atoms with Gasteiger partial charge in [0, 0.05) is 5.69 Å². The molecule has 4 aromatic rings. The van der Waals surface area contributed by atoms with Gasteiger partial charge in [0.15, 0.2) is 5.69 Å². The summed E-state index contributed by atoms with van der Waals surface area (Å²) in [6.45, 7) is 3.75. The molecule has 1 aliphatic heterocycles. The van der Waals surface area contributed by atoms with Gasteiger partial charge in [-0.05, 0) is 61.9 Å². The lowest BCUT2D eigenvalue weighted by molar-refractivity contribution is 0.0925. The molecule has 1 aliphatic rings. The van der Waals surface area contributed by atoms with E-state index in [1.165, 1.54) is 0 Å². The summed E-state index contributed by atoms with van der Waals surface area (Å²) in [4.78, 5) is 39.6. The van der Waals surface area contributed by atoms with Crippen LogP contribution in [0.2, 0.25) is 0 Å². The first-order chi connectivity index (χ1) is 15.9. The molecule has 162 valence electrons. The standard InChI is InChI=1S/C25H19N5O3/c1-15-7-5-10-19(13-15)30-16(2)22(27-28-30)23(31)26-17-8-6-9-18(14-17)29-24(32)20-11-3-4-12-21(20)25(29)33/h3-14H,1-2H3,(H,26,31). The van der Waals surface area contributed by atoms with E-state index >= 15 is 0 Å². The van der Waals surface area contributed by atoms with Crippen molar-refractivity contribution in [1.82, 2.24) is 15.0 Å². The van der Waals surface area contributed by atoms with E-state index in [9.17, 15) is 14.4 Å². The van der Waals surface area contributed by atoms with E-state index in [0.29, 0.717) is 28.2 Å². The third-order valence-corrected chi connectivity index (χ3v) is 5.51.